The van der Waals surface area contributed by atoms with E-state index in [9.17, 15) is 18.0 Å². The minimum Gasteiger partial charge on any atom is -0.476 e. The zero-order valence-electron chi connectivity index (χ0n) is 12.5. The summed E-state index contributed by atoms with van der Waals surface area (Å²) >= 11 is 1.13. The van der Waals surface area contributed by atoms with Crippen molar-refractivity contribution in [2.75, 3.05) is 24.5 Å². The van der Waals surface area contributed by atoms with Crippen LogP contribution >= 0.6 is 11.5 Å². The standard InChI is InChI=1S/C15H14F3N3O2S/c16-15(17,18)7-20-5-10-3-9(20)6-21(10)8-1-2-11-12(4-8)24-19-13(11)14(22)23/h1-2,4,9-10H,3,5-7H2,(H,22,23)/t9-,10-/m0/s1. The van der Waals surface area contributed by atoms with E-state index in [0.29, 0.717) is 18.5 Å². The fraction of sp³-hybridized carbons (Fsp3) is 0.467. The van der Waals surface area contributed by atoms with Crippen LogP contribution in [0.5, 0.6) is 0 Å². The Morgan fingerprint density at radius 3 is 2.75 bits per heavy atom. The Morgan fingerprint density at radius 1 is 1.33 bits per heavy atom. The van der Waals surface area contributed by atoms with Crippen LogP contribution in [0.3, 0.4) is 0 Å². The molecule has 1 N–H and O–H groups in total. The average Bonchev–Trinajstić information content (AvgIpc) is 3.17. The smallest absolute Gasteiger partial charge is 0.401 e. The average molecular weight is 357 g/mol. The number of alkyl halides is 3. The van der Waals surface area contributed by atoms with E-state index >= 15 is 0 Å². The normalized spacial score (nSPS) is 24.2. The number of aromatic carboxylic acids is 1. The van der Waals surface area contributed by atoms with Crippen LogP contribution in [0.2, 0.25) is 0 Å². The second-order valence-electron chi connectivity index (χ2n) is 6.26. The van der Waals surface area contributed by atoms with Gasteiger partial charge in [0.05, 0.1) is 11.2 Å². The molecular weight excluding hydrogens is 343 g/mol. The number of carboxylic acid groups (broad SMARTS) is 1. The van der Waals surface area contributed by atoms with Crippen LogP contribution < -0.4 is 4.90 Å². The first-order valence-corrected chi connectivity index (χ1v) is 8.29. The Hall–Kier alpha value is -1.87. The molecule has 24 heavy (non-hydrogen) atoms. The second-order valence-corrected chi connectivity index (χ2v) is 7.06. The van der Waals surface area contributed by atoms with Gasteiger partial charge in [-0.25, -0.2) is 4.79 Å². The zero-order valence-corrected chi connectivity index (χ0v) is 13.3. The molecule has 2 aromatic rings. The molecule has 2 bridgehead atoms. The molecule has 0 saturated carbocycles. The lowest BCUT2D eigenvalue weighted by molar-refractivity contribution is -0.148. The molecule has 1 aromatic carbocycles. The number of nitrogens with zero attached hydrogens (tertiary/aromatic N) is 3. The molecule has 2 fully saturated rings. The number of carbonyl (C=O) groups is 1. The van der Waals surface area contributed by atoms with Crippen molar-refractivity contribution in [3.63, 3.8) is 0 Å². The molecule has 0 aliphatic carbocycles. The Bertz CT molecular complexity index is 807. The molecule has 2 atom stereocenters. The van der Waals surface area contributed by atoms with Crippen LogP contribution in [-0.2, 0) is 0 Å². The van der Waals surface area contributed by atoms with Gasteiger partial charge in [0, 0.05) is 36.2 Å². The maximum Gasteiger partial charge on any atom is 0.401 e. The van der Waals surface area contributed by atoms with Crippen LogP contribution in [-0.4, -0.2) is 58.2 Å². The first-order valence-electron chi connectivity index (χ1n) is 7.52. The van der Waals surface area contributed by atoms with Crippen LogP contribution in [0.25, 0.3) is 10.1 Å². The maximum atomic E-state index is 12.6. The van der Waals surface area contributed by atoms with Crippen molar-refractivity contribution in [3.8, 4) is 0 Å². The van der Waals surface area contributed by atoms with Gasteiger partial charge in [-0.05, 0) is 36.2 Å². The number of hydrogen-bond acceptors (Lipinski definition) is 5. The van der Waals surface area contributed by atoms with E-state index in [1.54, 1.807) is 6.07 Å². The first-order chi connectivity index (χ1) is 11.3. The number of hydrogen-bond donors (Lipinski definition) is 1. The molecule has 3 heterocycles. The highest BCUT2D eigenvalue weighted by atomic mass is 32.1. The Kier molecular flexibility index (Phi) is 3.47. The number of fused-ring (bicyclic) bond motifs is 3. The lowest BCUT2D eigenvalue weighted by atomic mass is 10.1. The number of rotatable bonds is 3. The molecule has 4 rings (SSSR count). The SMILES string of the molecule is O=C(O)c1nsc2cc(N3C[C@@H]4C[C@H]3CN4CC(F)(F)F)ccc12. The summed E-state index contributed by atoms with van der Waals surface area (Å²) < 4.78 is 42.5. The van der Waals surface area contributed by atoms with Gasteiger partial charge in [0.1, 0.15) is 0 Å². The van der Waals surface area contributed by atoms with E-state index in [4.69, 9.17) is 5.11 Å². The molecule has 1 aromatic heterocycles. The van der Waals surface area contributed by atoms with Gasteiger partial charge in [0.25, 0.3) is 0 Å². The minimum atomic E-state index is -4.16. The predicted octanol–water partition coefficient (Wildman–Crippen LogP) is 2.82. The van der Waals surface area contributed by atoms with Gasteiger partial charge in [-0.3, -0.25) is 4.90 Å². The first kappa shape index (κ1) is 15.6. The van der Waals surface area contributed by atoms with Crippen LogP contribution in [0, 0.1) is 0 Å². The van der Waals surface area contributed by atoms with Gasteiger partial charge in [-0.1, -0.05) is 0 Å². The van der Waals surface area contributed by atoms with Crippen molar-refractivity contribution in [2.45, 2.75) is 24.7 Å². The van der Waals surface area contributed by atoms with Crippen molar-refractivity contribution < 1.29 is 23.1 Å². The lowest BCUT2D eigenvalue weighted by Crippen LogP contribution is -2.49. The third kappa shape index (κ3) is 2.61. The summed E-state index contributed by atoms with van der Waals surface area (Å²) in [5.74, 6) is -1.06. The summed E-state index contributed by atoms with van der Waals surface area (Å²) in [5.41, 5.74) is 0.961. The van der Waals surface area contributed by atoms with Crippen molar-refractivity contribution >= 4 is 33.3 Å². The van der Waals surface area contributed by atoms with Gasteiger partial charge >= 0.3 is 12.1 Å². The van der Waals surface area contributed by atoms with Crippen molar-refractivity contribution in [1.82, 2.24) is 9.27 Å². The van der Waals surface area contributed by atoms with Gasteiger partial charge in [0.2, 0.25) is 0 Å². The number of piperazine rings is 1. The molecular formula is C15H14F3N3O2S. The Morgan fingerprint density at radius 2 is 2.12 bits per heavy atom. The number of carboxylic acids is 1. The molecule has 0 radical (unpaired) electrons. The van der Waals surface area contributed by atoms with Gasteiger partial charge in [-0.15, -0.1) is 0 Å². The molecule has 0 amide bonds. The highest BCUT2D eigenvalue weighted by Gasteiger charge is 2.46. The van der Waals surface area contributed by atoms with Gasteiger partial charge in [-0.2, -0.15) is 17.5 Å². The lowest BCUT2D eigenvalue weighted by Gasteiger charge is -2.35. The van der Waals surface area contributed by atoms with Crippen molar-refractivity contribution in [2.24, 2.45) is 0 Å². The predicted molar refractivity (Wildman–Crippen MR) is 83.7 cm³/mol. The minimum absolute atomic E-state index is 0.0424. The third-order valence-corrected chi connectivity index (χ3v) is 5.53. The van der Waals surface area contributed by atoms with E-state index in [0.717, 1.165) is 28.3 Å². The molecule has 9 heteroatoms. The summed E-state index contributed by atoms with van der Waals surface area (Å²) in [6.07, 6.45) is -3.43. The Labute approximate surface area is 139 Å². The summed E-state index contributed by atoms with van der Waals surface area (Å²) in [7, 11) is 0. The fourth-order valence-electron chi connectivity index (χ4n) is 3.75. The third-order valence-electron chi connectivity index (χ3n) is 4.73. The number of halogens is 3. The highest BCUT2D eigenvalue weighted by molar-refractivity contribution is 7.13. The topological polar surface area (TPSA) is 56.7 Å². The van der Waals surface area contributed by atoms with Gasteiger partial charge < -0.3 is 10.0 Å². The van der Waals surface area contributed by atoms with Crippen LogP contribution in [0.15, 0.2) is 18.2 Å². The molecule has 2 aliphatic rings. The fourth-order valence-corrected chi connectivity index (χ4v) is 4.55. The summed E-state index contributed by atoms with van der Waals surface area (Å²) in [6, 6.07) is 5.44. The maximum absolute atomic E-state index is 12.6. The molecule has 0 spiro atoms. The molecule has 2 saturated heterocycles. The number of anilines is 1. The van der Waals surface area contributed by atoms with Gasteiger partial charge in [0.15, 0.2) is 5.69 Å². The monoisotopic (exact) mass is 357 g/mol. The van der Waals surface area contributed by atoms with E-state index in [1.807, 2.05) is 12.1 Å². The largest absolute Gasteiger partial charge is 0.476 e. The second kappa shape index (κ2) is 5.32. The number of likely N-dealkylation sites (tertiary alicyclic amines) is 1. The number of aromatic nitrogens is 1. The molecule has 2 aliphatic heterocycles. The molecule has 5 nitrogen and oxygen atoms in total. The van der Waals surface area contributed by atoms with Crippen molar-refractivity contribution in [3.05, 3.63) is 23.9 Å². The zero-order chi connectivity index (χ0) is 17.1. The summed E-state index contributed by atoms with van der Waals surface area (Å²) in [5, 5.41) is 9.69. The van der Waals surface area contributed by atoms with E-state index in [2.05, 4.69) is 9.27 Å². The van der Waals surface area contributed by atoms with E-state index < -0.39 is 18.7 Å². The highest BCUT2D eigenvalue weighted by Crippen LogP contribution is 2.37. The molecule has 0 unspecified atom stereocenters. The van der Waals surface area contributed by atoms with Crippen LogP contribution in [0.1, 0.15) is 16.9 Å². The van der Waals surface area contributed by atoms with E-state index in [-0.39, 0.29) is 17.8 Å². The molecule has 128 valence electrons. The summed E-state index contributed by atoms with van der Waals surface area (Å²) in [4.78, 5) is 14.7. The Balaban J connectivity index is 1.54. The number of benzene rings is 1. The summed E-state index contributed by atoms with van der Waals surface area (Å²) in [6.45, 7) is 0.125. The van der Waals surface area contributed by atoms with Crippen molar-refractivity contribution in [1.29, 1.82) is 0 Å². The van der Waals surface area contributed by atoms with Crippen LogP contribution in [0.4, 0.5) is 18.9 Å². The van der Waals surface area contributed by atoms with E-state index in [1.165, 1.54) is 4.90 Å². The quantitative estimate of drug-likeness (QED) is 0.916.